The molecule has 1 heterocycles. The van der Waals surface area contributed by atoms with Crippen LogP contribution in [0.2, 0.25) is 0 Å². The Bertz CT molecular complexity index is 1130. The molecule has 0 aliphatic carbocycles. The molecule has 1 saturated heterocycles. The average molecular weight is 524 g/mol. The Kier molecular flexibility index (Phi) is 9.51. The van der Waals surface area contributed by atoms with Gasteiger partial charge in [-0.1, -0.05) is 18.2 Å². The predicted molar refractivity (Wildman–Crippen MR) is 134 cm³/mol. The zero-order valence-electron chi connectivity index (χ0n) is 20.6. The number of carbonyl (C=O) groups is 1. The van der Waals surface area contributed by atoms with Gasteiger partial charge in [0.2, 0.25) is 5.91 Å². The molecule has 11 nitrogen and oxygen atoms in total. The molecule has 1 fully saturated rings. The molecule has 0 bridgehead atoms. The minimum Gasteiger partial charge on any atom is -0.493 e. The van der Waals surface area contributed by atoms with E-state index in [9.17, 15) is 18.3 Å². The summed E-state index contributed by atoms with van der Waals surface area (Å²) in [5.74, 6) is 0.300. The van der Waals surface area contributed by atoms with Crippen LogP contribution in [0.15, 0.2) is 36.4 Å². The number of anilines is 1. The molecule has 3 rings (SSSR count). The van der Waals surface area contributed by atoms with Gasteiger partial charge in [-0.05, 0) is 37.1 Å². The third-order valence-electron chi connectivity index (χ3n) is 5.81. The van der Waals surface area contributed by atoms with Crippen LogP contribution in [-0.2, 0) is 15.2 Å². The van der Waals surface area contributed by atoms with Gasteiger partial charge in [0.05, 0.1) is 13.7 Å². The van der Waals surface area contributed by atoms with Crippen molar-refractivity contribution in [2.75, 3.05) is 58.3 Å². The molecule has 36 heavy (non-hydrogen) atoms. The molecular formula is C24H33N3O8S. The first-order valence-electron chi connectivity index (χ1n) is 11.5. The summed E-state index contributed by atoms with van der Waals surface area (Å²) in [7, 11) is -3.28. The lowest BCUT2D eigenvalue weighted by atomic mass is 10.1. The van der Waals surface area contributed by atoms with E-state index >= 15 is 0 Å². The molecule has 2 aromatic rings. The summed E-state index contributed by atoms with van der Waals surface area (Å²) in [6.07, 6.45) is -0.776. The summed E-state index contributed by atoms with van der Waals surface area (Å²) in [4.78, 5) is 16.7. The molecule has 1 amide bonds. The molecule has 12 heteroatoms. The van der Waals surface area contributed by atoms with Crippen molar-refractivity contribution in [3.63, 3.8) is 0 Å². The van der Waals surface area contributed by atoms with Gasteiger partial charge in [-0.25, -0.2) is 0 Å². The lowest BCUT2D eigenvalue weighted by Crippen LogP contribution is -2.50. The molecule has 1 unspecified atom stereocenters. The number of piperazine rings is 1. The Labute approximate surface area is 211 Å². The standard InChI is InChI=1S/C24H33N3O8S/c1-17-5-4-6-18(2)24(17)25-23(29)15-27-11-9-26(10-12-27)14-19(28)16-34-21-8-7-20(13-22(21)33-3)35-36(30,31)32/h4-8,13,19,28H,9-12,14-16H2,1-3H3,(H,25,29)(H,30,31,32). The maximum absolute atomic E-state index is 12.5. The van der Waals surface area contributed by atoms with Gasteiger partial charge in [0.25, 0.3) is 0 Å². The molecule has 0 saturated carbocycles. The molecule has 0 radical (unpaired) electrons. The highest BCUT2D eigenvalue weighted by molar-refractivity contribution is 7.81. The maximum atomic E-state index is 12.5. The zero-order chi connectivity index (χ0) is 26.3. The molecule has 198 valence electrons. The summed E-state index contributed by atoms with van der Waals surface area (Å²) in [6, 6.07) is 9.89. The lowest BCUT2D eigenvalue weighted by Gasteiger charge is -2.35. The summed E-state index contributed by atoms with van der Waals surface area (Å²) >= 11 is 0. The Hall–Kier alpha value is -2.90. The fourth-order valence-electron chi connectivity index (χ4n) is 4.00. The van der Waals surface area contributed by atoms with Crippen LogP contribution in [0, 0.1) is 13.8 Å². The van der Waals surface area contributed by atoms with Crippen molar-refractivity contribution < 1.29 is 36.5 Å². The normalized spacial score (nSPS) is 15.8. The SMILES string of the molecule is COc1cc(OS(=O)(=O)O)ccc1OCC(O)CN1CCN(CC(=O)Nc2c(C)cccc2C)CC1. The van der Waals surface area contributed by atoms with E-state index < -0.39 is 16.5 Å². The lowest BCUT2D eigenvalue weighted by molar-refractivity contribution is -0.117. The number of nitrogens with zero attached hydrogens (tertiary/aromatic N) is 2. The third-order valence-corrected chi connectivity index (χ3v) is 6.22. The summed E-state index contributed by atoms with van der Waals surface area (Å²) in [5.41, 5.74) is 2.93. The van der Waals surface area contributed by atoms with Crippen molar-refractivity contribution in [2.45, 2.75) is 20.0 Å². The number of nitrogens with one attached hydrogen (secondary N) is 1. The van der Waals surface area contributed by atoms with Gasteiger partial charge in [0, 0.05) is 44.5 Å². The Morgan fingerprint density at radius 2 is 1.69 bits per heavy atom. The first-order chi connectivity index (χ1) is 17.0. The number of carbonyl (C=O) groups excluding carboxylic acids is 1. The molecular weight excluding hydrogens is 490 g/mol. The second-order valence-corrected chi connectivity index (χ2v) is 9.70. The maximum Gasteiger partial charge on any atom is 0.446 e. The number of aryl methyl sites for hydroxylation is 2. The van der Waals surface area contributed by atoms with Crippen molar-refractivity contribution in [1.82, 2.24) is 9.80 Å². The quantitative estimate of drug-likeness (QED) is 0.371. The van der Waals surface area contributed by atoms with Crippen molar-refractivity contribution in [1.29, 1.82) is 0 Å². The molecule has 1 atom stereocenters. The molecule has 0 aromatic heterocycles. The van der Waals surface area contributed by atoms with Gasteiger partial charge in [-0.15, -0.1) is 0 Å². The van der Waals surface area contributed by atoms with E-state index in [1.54, 1.807) is 0 Å². The Morgan fingerprint density at radius 3 is 2.31 bits per heavy atom. The number of rotatable bonds is 11. The van der Waals surface area contributed by atoms with Gasteiger partial charge in [-0.3, -0.25) is 19.1 Å². The molecule has 1 aliphatic rings. The Balaban J connectivity index is 1.41. The van der Waals surface area contributed by atoms with Crippen molar-refractivity contribution >= 4 is 22.0 Å². The second-order valence-electron chi connectivity index (χ2n) is 8.68. The summed E-state index contributed by atoms with van der Waals surface area (Å²) in [6.45, 7) is 7.47. The number of benzene rings is 2. The van der Waals surface area contributed by atoms with Crippen molar-refractivity contribution in [3.05, 3.63) is 47.5 Å². The molecule has 0 spiro atoms. The summed E-state index contributed by atoms with van der Waals surface area (Å²) in [5, 5.41) is 13.5. The van der Waals surface area contributed by atoms with Crippen LogP contribution in [0.25, 0.3) is 0 Å². The number of methoxy groups -OCH3 is 1. The molecule has 3 N–H and O–H groups in total. The monoisotopic (exact) mass is 523 g/mol. The molecule has 1 aliphatic heterocycles. The van der Waals surface area contributed by atoms with E-state index in [-0.39, 0.29) is 24.0 Å². The van der Waals surface area contributed by atoms with E-state index in [0.717, 1.165) is 16.8 Å². The van der Waals surface area contributed by atoms with Gasteiger partial charge in [-0.2, -0.15) is 8.42 Å². The van der Waals surface area contributed by atoms with Gasteiger partial charge in [0.1, 0.15) is 18.5 Å². The molecule has 2 aromatic carbocycles. The minimum atomic E-state index is -4.65. The van der Waals surface area contributed by atoms with Crippen LogP contribution < -0.4 is 19.0 Å². The number of ether oxygens (including phenoxy) is 2. The van der Waals surface area contributed by atoms with E-state index in [4.69, 9.17) is 14.0 Å². The summed E-state index contributed by atoms with van der Waals surface area (Å²) < 4.78 is 45.7. The van der Waals surface area contributed by atoms with Crippen LogP contribution in [0.3, 0.4) is 0 Å². The minimum absolute atomic E-state index is 0.00669. The van der Waals surface area contributed by atoms with Crippen LogP contribution in [-0.4, -0.2) is 92.9 Å². The van der Waals surface area contributed by atoms with E-state index in [2.05, 4.69) is 19.3 Å². The fourth-order valence-corrected chi connectivity index (χ4v) is 4.35. The second kappa shape index (κ2) is 12.4. The van der Waals surface area contributed by atoms with Crippen molar-refractivity contribution in [2.24, 2.45) is 0 Å². The van der Waals surface area contributed by atoms with Crippen LogP contribution >= 0.6 is 0 Å². The number of aliphatic hydroxyl groups excluding tert-OH is 1. The zero-order valence-corrected chi connectivity index (χ0v) is 21.5. The number of β-amino-alcohol motifs (C(OH)–C–C–N with tert-alkyl or cyclic N) is 1. The first-order valence-corrected chi connectivity index (χ1v) is 12.9. The highest BCUT2D eigenvalue weighted by Crippen LogP contribution is 2.32. The van der Waals surface area contributed by atoms with Crippen LogP contribution in [0.4, 0.5) is 5.69 Å². The highest BCUT2D eigenvalue weighted by Gasteiger charge is 2.22. The first kappa shape index (κ1) is 27.7. The van der Waals surface area contributed by atoms with Gasteiger partial charge < -0.3 is 24.1 Å². The van der Waals surface area contributed by atoms with Crippen LogP contribution in [0.5, 0.6) is 17.2 Å². The third kappa shape index (κ3) is 8.35. The largest absolute Gasteiger partial charge is 0.493 e. The highest BCUT2D eigenvalue weighted by atomic mass is 32.3. The Morgan fingerprint density at radius 1 is 1.06 bits per heavy atom. The number of hydrogen-bond acceptors (Lipinski definition) is 9. The van der Waals surface area contributed by atoms with Gasteiger partial charge in [0.15, 0.2) is 11.5 Å². The topological polar surface area (TPSA) is 138 Å². The number of aliphatic hydroxyl groups is 1. The van der Waals surface area contributed by atoms with Gasteiger partial charge >= 0.3 is 10.4 Å². The average Bonchev–Trinajstić information content (AvgIpc) is 2.81. The van der Waals surface area contributed by atoms with Crippen molar-refractivity contribution in [3.8, 4) is 17.2 Å². The van der Waals surface area contributed by atoms with Crippen LogP contribution in [0.1, 0.15) is 11.1 Å². The number of para-hydroxylation sites is 1. The van der Waals surface area contributed by atoms with E-state index in [1.807, 2.05) is 32.0 Å². The number of hydrogen-bond donors (Lipinski definition) is 3. The van der Waals surface area contributed by atoms with E-state index in [0.29, 0.717) is 45.0 Å². The fraction of sp³-hybridized carbons (Fsp3) is 0.458. The predicted octanol–water partition coefficient (Wildman–Crippen LogP) is 1.49. The number of amides is 1. The van der Waals surface area contributed by atoms with E-state index in [1.165, 1.54) is 25.3 Å². The smallest absolute Gasteiger partial charge is 0.446 e.